The second-order valence-electron chi connectivity index (χ2n) is 9.39. The van der Waals surface area contributed by atoms with Crippen molar-refractivity contribution in [3.63, 3.8) is 0 Å². The highest BCUT2D eigenvalue weighted by atomic mass is 16.2. The third-order valence-electron chi connectivity index (χ3n) is 5.84. The molecule has 1 heterocycles. The van der Waals surface area contributed by atoms with Gasteiger partial charge in [0, 0.05) is 18.3 Å². The minimum absolute atomic E-state index is 0.258. The number of hydrogen-bond donors (Lipinski definition) is 1. The van der Waals surface area contributed by atoms with Gasteiger partial charge in [0.2, 0.25) is 5.91 Å². The van der Waals surface area contributed by atoms with Gasteiger partial charge in [0.15, 0.2) is 0 Å². The molecule has 3 rings (SSSR count). The number of carbonyl (C=O) groups is 1. The number of nitrogens with two attached hydrogens (primary N) is 1. The summed E-state index contributed by atoms with van der Waals surface area (Å²) >= 11 is 0. The first kappa shape index (κ1) is 16.4. The maximum Gasteiger partial charge on any atom is 0.232 e. The fourth-order valence-corrected chi connectivity index (χ4v) is 5.08. The molecule has 2 fully saturated rings. The monoisotopic (exact) mass is 314 g/mol. The summed E-state index contributed by atoms with van der Waals surface area (Å²) in [6.45, 7) is 12.0. The van der Waals surface area contributed by atoms with E-state index in [0.29, 0.717) is 11.5 Å². The Balaban J connectivity index is 1.87. The molecule has 1 aromatic rings. The smallest absolute Gasteiger partial charge is 0.232 e. The normalized spacial score (nSPS) is 29.6. The lowest BCUT2D eigenvalue weighted by Crippen LogP contribution is -2.46. The number of hydrogen-bond acceptors (Lipinski definition) is 2. The summed E-state index contributed by atoms with van der Waals surface area (Å²) in [4.78, 5) is 15.5. The topological polar surface area (TPSA) is 46.3 Å². The fraction of sp³-hybridized carbons (Fsp3) is 0.650. The standard InChI is InChI=1S/C20H30N2O/c1-18(2)10-16-11-20(5,12-18)13-22(16)17(23)19(3,4)14-6-8-15(21)9-7-14/h6-9,16H,10-13,21H2,1-5H3. The van der Waals surface area contributed by atoms with Gasteiger partial charge in [0.1, 0.15) is 0 Å². The molecule has 1 aliphatic heterocycles. The van der Waals surface area contributed by atoms with Crippen LogP contribution in [-0.2, 0) is 10.2 Å². The quantitative estimate of drug-likeness (QED) is 0.839. The maximum atomic E-state index is 13.3. The zero-order valence-electron chi connectivity index (χ0n) is 15.1. The van der Waals surface area contributed by atoms with Crippen LogP contribution in [0, 0.1) is 10.8 Å². The molecule has 1 saturated heterocycles. The van der Waals surface area contributed by atoms with E-state index >= 15 is 0 Å². The first-order valence-electron chi connectivity index (χ1n) is 8.70. The van der Waals surface area contributed by atoms with Crippen molar-refractivity contribution < 1.29 is 4.79 Å². The van der Waals surface area contributed by atoms with E-state index in [-0.39, 0.29) is 11.3 Å². The Morgan fingerprint density at radius 2 is 1.78 bits per heavy atom. The van der Waals surface area contributed by atoms with E-state index in [0.717, 1.165) is 30.6 Å². The summed E-state index contributed by atoms with van der Waals surface area (Å²) in [5, 5.41) is 0. The molecule has 2 aliphatic rings. The lowest BCUT2D eigenvalue weighted by atomic mass is 9.65. The number of nitrogens with zero attached hydrogens (tertiary/aromatic N) is 1. The fourth-order valence-electron chi connectivity index (χ4n) is 5.08. The number of likely N-dealkylation sites (tertiary alicyclic amines) is 1. The molecule has 0 aromatic heterocycles. The van der Waals surface area contributed by atoms with Crippen LogP contribution in [-0.4, -0.2) is 23.4 Å². The number of anilines is 1. The molecule has 2 N–H and O–H groups in total. The summed E-state index contributed by atoms with van der Waals surface area (Å²) < 4.78 is 0. The number of rotatable bonds is 2. The molecule has 0 radical (unpaired) electrons. The van der Waals surface area contributed by atoms with Crippen molar-refractivity contribution in [2.24, 2.45) is 10.8 Å². The lowest BCUT2D eigenvalue weighted by molar-refractivity contribution is -0.137. The predicted molar refractivity (Wildman–Crippen MR) is 95.1 cm³/mol. The van der Waals surface area contributed by atoms with Crippen LogP contribution in [0.2, 0.25) is 0 Å². The number of nitrogen functional groups attached to an aromatic ring is 1. The van der Waals surface area contributed by atoms with E-state index in [4.69, 9.17) is 5.73 Å². The van der Waals surface area contributed by atoms with Crippen molar-refractivity contribution in [1.29, 1.82) is 0 Å². The number of fused-ring (bicyclic) bond motifs is 2. The largest absolute Gasteiger partial charge is 0.399 e. The van der Waals surface area contributed by atoms with Crippen LogP contribution >= 0.6 is 0 Å². The van der Waals surface area contributed by atoms with Crippen LogP contribution in [0.1, 0.15) is 59.4 Å². The third-order valence-corrected chi connectivity index (χ3v) is 5.84. The predicted octanol–water partition coefficient (Wildman–Crippen LogP) is 3.97. The Kier molecular flexibility index (Phi) is 3.55. The van der Waals surface area contributed by atoms with Gasteiger partial charge in [-0.2, -0.15) is 0 Å². The zero-order chi connectivity index (χ0) is 17.0. The van der Waals surface area contributed by atoms with Crippen molar-refractivity contribution in [2.45, 2.75) is 65.3 Å². The van der Waals surface area contributed by atoms with E-state index < -0.39 is 5.41 Å². The zero-order valence-corrected chi connectivity index (χ0v) is 15.1. The number of benzene rings is 1. The van der Waals surface area contributed by atoms with Gasteiger partial charge in [0.05, 0.1) is 5.41 Å². The van der Waals surface area contributed by atoms with Gasteiger partial charge < -0.3 is 10.6 Å². The highest BCUT2D eigenvalue weighted by Gasteiger charge is 2.52. The molecule has 1 aromatic carbocycles. The molecular formula is C20H30N2O. The Morgan fingerprint density at radius 3 is 2.39 bits per heavy atom. The van der Waals surface area contributed by atoms with Gasteiger partial charge in [0.25, 0.3) is 0 Å². The second kappa shape index (κ2) is 4.99. The van der Waals surface area contributed by atoms with Gasteiger partial charge >= 0.3 is 0 Å². The highest BCUT2D eigenvalue weighted by molar-refractivity contribution is 5.88. The average molecular weight is 314 g/mol. The van der Waals surface area contributed by atoms with E-state index in [2.05, 4.69) is 25.7 Å². The Morgan fingerprint density at radius 1 is 1.17 bits per heavy atom. The molecular weight excluding hydrogens is 284 g/mol. The Labute approximate surface area is 140 Å². The van der Waals surface area contributed by atoms with Crippen LogP contribution in [0.15, 0.2) is 24.3 Å². The molecule has 1 saturated carbocycles. The average Bonchev–Trinajstić information content (AvgIpc) is 2.67. The SMILES string of the molecule is CC1(C)CC2CC(C)(CN2C(=O)C(C)(C)c2ccc(N)cc2)C1. The van der Waals surface area contributed by atoms with Crippen molar-refractivity contribution in [3.8, 4) is 0 Å². The first-order chi connectivity index (χ1) is 10.5. The van der Waals surface area contributed by atoms with Crippen molar-refractivity contribution in [2.75, 3.05) is 12.3 Å². The van der Waals surface area contributed by atoms with Crippen LogP contribution in [0.3, 0.4) is 0 Å². The first-order valence-corrected chi connectivity index (χ1v) is 8.70. The lowest BCUT2D eigenvalue weighted by Gasteiger charge is -2.40. The van der Waals surface area contributed by atoms with Gasteiger partial charge in [-0.05, 0) is 61.6 Å². The summed E-state index contributed by atoms with van der Waals surface area (Å²) in [6.07, 6.45) is 3.48. The third kappa shape index (κ3) is 2.86. The Hall–Kier alpha value is -1.51. The highest BCUT2D eigenvalue weighted by Crippen LogP contribution is 2.53. The van der Waals surface area contributed by atoms with Crippen LogP contribution < -0.4 is 5.73 Å². The summed E-state index contributed by atoms with van der Waals surface area (Å²) in [5.41, 5.74) is 7.67. The molecule has 126 valence electrons. The minimum Gasteiger partial charge on any atom is -0.399 e. The molecule has 0 spiro atoms. The van der Waals surface area contributed by atoms with Gasteiger partial charge in [-0.15, -0.1) is 0 Å². The van der Waals surface area contributed by atoms with E-state index in [1.54, 1.807) is 0 Å². The van der Waals surface area contributed by atoms with E-state index in [9.17, 15) is 4.79 Å². The van der Waals surface area contributed by atoms with Crippen molar-refractivity contribution >= 4 is 11.6 Å². The van der Waals surface area contributed by atoms with Crippen molar-refractivity contribution in [3.05, 3.63) is 29.8 Å². The summed E-state index contributed by atoms with van der Waals surface area (Å²) in [5.74, 6) is 0.258. The molecule has 1 aliphatic carbocycles. The Bertz CT molecular complexity index is 617. The molecule has 1 amide bonds. The number of amides is 1. The van der Waals surface area contributed by atoms with Crippen LogP contribution in [0.25, 0.3) is 0 Å². The van der Waals surface area contributed by atoms with Crippen LogP contribution in [0.4, 0.5) is 5.69 Å². The minimum atomic E-state index is -0.508. The summed E-state index contributed by atoms with van der Waals surface area (Å²) in [7, 11) is 0. The van der Waals surface area contributed by atoms with Gasteiger partial charge in [-0.1, -0.05) is 32.9 Å². The van der Waals surface area contributed by atoms with E-state index in [1.807, 2.05) is 38.1 Å². The van der Waals surface area contributed by atoms with Gasteiger partial charge in [-0.25, -0.2) is 0 Å². The molecule has 2 atom stereocenters. The van der Waals surface area contributed by atoms with E-state index in [1.165, 1.54) is 6.42 Å². The molecule has 23 heavy (non-hydrogen) atoms. The summed E-state index contributed by atoms with van der Waals surface area (Å²) in [6, 6.07) is 8.14. The van der Waals surface area contributed by atoms with Crippen LogP contribution in [0.5, 0.6) is 0 Å². The molecule has 3 heteroatoms. The molecule has 2 bridgehead atoms. The molecule has 2 unspecified atom stereocenters. The number of carbonyl (C=O) groups excluding carboxylic acids is 1. The maximum absolute atomic E-state index is 13.3. The van der Waals surface area contributed by atoms with Gasteiger partial charge in [-0.3, -0.25) is 4.79 Å². The second-order valence-corrected chi connectivity index (χ2v) is 9.39. The molecule has 3 nitrogen and oxygen atoms in total. The van der Waals surface area contributed by atoms with Crippen molar-refractivity contribution in [1.82, 2.24) is 4.90 Å².